The SMILES string of the molecule is CCOP(=O)(O)NC(=O)NC(C(=O)N[C@@H]1C(=O)N2[C@@H]1SC(C)(C)[C@@H]2C(=O)O)c1ccccc1. The number of nitrogens with one attached hydrogen (secondary N) is 3. The van der Waals surface area contributed by atoms with Crippen LogP contribution in [0.3, 0.4) is 0 Å². The van der Waals surface area contributed by atoms with E-state index in [4.69, 9.17) is 0 Å². The number of aliphatic carboxylic acids is 1. The Bertz CT molecular complexity index is 1010. The van der Waals surface area contributed by atoms with Crippen molar-refractivity contribution in [3.63, 3.8) is 0 Å². The number of carbonyl (C=O) groups excluding carboxylic acids is 3. The quantitative estimate of drug-likeness (QED) is 0.255. The molecular formula is C19H25N4O8PS. The van der Waals surface area contributed by atoms with Gasteiger partial charge in [-0.25, -0.2) is 19.2 Å². The zero-order valence-electron chi connectivity index (χ0n) is 18.0. The van der Waals surface area contributed by atoms with Crippen LogP contribution in [-0.4, -0.2) is 67.5 Å². The lowest BCUT2D eigenvalue weighted by molar-refractivity contribution is -0.161. The highest BCUT2D eigenvalue weighted by Gasteiger charge is 2.64. The van der Waals surface area contributed by atoms with Crippen molar-refractivity contribution in [2.24, 2.45) is 0 Å². The normalized spacial score (nSPS) is 25.8. The van der Waals surface area contributed by atoms with Crippen molar-refractivity contribution in [2.45, 2.75) is 49.0 Å². The van der Waals surface area contributed by atoms with Gasteiger partial charge in [-0.1, -0.05) is 30.3 Å². The molecule has 5 N–H and O–H groups in total. The molecule has 0 aromatic heterocycles. The number of carboxylic acids is 1. The van der Waals surface area contributed by atoms with E-state index in [2.05, 4.69) is 15.2 Å². The highest BCUT2D eigenvalue weighted by Crippen LogP contribution is 2.50. The summed E-state index contributed by atoms with van der Waals surface area (Å²) >= 11 is 1.27. The summed E-state index contributed by atoms with van der Waals surface area (Å²) in [4.78, 5) is 60.5. The first kappa shape index (κ1) is 25.0. The number of carboxylic acid groups (broad SMARTS) is 1. The smallest absolute Gasteiger partial charge is 0.433 e. The van der Waals surface area contributed by atoms with Crippen molar-refractivity contribution >= 4 is 43.3 Å². The molecular weight excluding hydrogens is 475 g/mol. The molecule has 1 aromatic carbocycles. The van der Waals surface area contributed by atoms with Crippen LogP contribution < -0.4 is 15.7 Å². The fraction of sp³-hybridized carbons (Fsp3) is 0.474. The van der Waals surface area contributed by atoms with Gasteiger partial charge >= 0.3 is 19.7 Å². The van der Waals surface area contributed by atoms with Crippen molar-refractivity contribution < 1.29 is 38.3 Å². The molecule has 2 unspecified atom stereocenters. The zero-order chi connectivity index (χ0) is 24.6. The van der Waals surface area contributed by atoms with Crippen molar-refractivity contribution in [2.75, 3.05) is 6.61 Å². The maximum Gasteiger partial charge on any atom is 0.433 e. The van der Waals surface area contributed by atoms with Crippen molar-refractivity contribution in [3.05, 3.63) is 35.9 Å². The van der Waals surface area contributed by atoms with Crippen molar-refractivity contribution in [1.29, 1.82) is 0 Å². The minimum absolute atomic E-state index is 0.121. The first-order valence-corrected chi connectivity index (χ1v) is 12.5. The number of benzene rings is 1. The Morgan fingerprint density at radius 2 is 1.91 bits per heavy atom. The summed E-state index contributed by atoms with van der Waals surface area (Å²) in [5.74, 6) is -2.40. The Kier molecular flexibility index (Phi) is 7.08. The number of carbonyl (C=O) groups is 4. The van der Waals surface area contributed by atoms with Crippen LogP contribution in [0, 0.1) is 0 Å². The van der Waals surface area contributed by atoms with Crippen molar-refractivity contribution in [3.8, 4) is 0 Å². The summed E-state index contributed by atoms with van der Waals surface area (Å²) in [6.07, 6.45) is 0. The van der Waals surface area contributed by atoms with Crippen LogP contribution in [0.2, 0.25) is 0 Å². The average Bonchev–Trinajstić information content (AvgIpc) is 2.98. The molecule has 0 spiro atoms. The summed E-state index contributed by atoms with van der Waals surface area (Å²) in [5.41, 5.74) is 0.362. The summed E-state index contributed by atoms with van der Waals surface area (Å²) in [5, 5.41) is 15.6. The van der Waals surface area contributed by atoms with Gasteiger partial charge in [-0.15, -0.1) is 11.8 Å². The Hall–Kier alpha value is -2.60. The van der Waals surface area contributed by atoms with Gasteiger partial charge in [0.05, 0.1) is 6.61 Å². The van der Waals surface area contributed by atoms with Crippen LogP contribution in [0.25, 0.3) is 0 Å². The molecule has 0 aliphatic carbocycles. The van der Waals surface area contributed by atoms with Gasteiger partial charge in [0.2, 0.25) is 11.8 Å². The molecule has 4 amide bonds. The summed E-state index contributed by atoms with van der Waals surface area (Å²) in [6, 6.07) is 3.67. The van der Waals surface area contributed by atoms with E-state index in [1.807, 2.05) is 0 Å². The van der Waals surface area contributed by atoms with Crippen molar-refractivity contribution in [1.82, 2.24) is 20.6 Å². The van der Waals surface area contributed by atoms with Crippen LogP contribution in [-0.2, 0) is 23.5 Å². The highest BCUT2D eigenvalue weighted by molar-refractivity contribution is 8.01. The molecule has 0 radical (unpaired) electrons. The fourth-order valence-corrected chi connectivity index (χ4v) is 6.19. The largest absolute Gasteiger partial charge is 0.480 e. The highest BCUT2D eigenvalue weighted by atomic mass is 32.2. The number of hydrogen-bond donors (Lipinski definition) is 5. The number of amides is 4. The van der Waals surface area contributed by atoms with E-state index in [1.54, 1.807) is 49.3 Å². The third-order valence-corrected chi connectivity index (χ3v) is 7.86. The number of hydrogen-bond acceptors (Lipinski definition) is 7. The third kappa shape index (κ3) is 5.16. The number of nitrogens with zero attached hydrogens (tertiary/aromatic N) is 1. The van der Waals surface area contributed by atoms with Gasteiger partial charge in [-0.3, -0.25) is 14.1 Å². The van der Waals surface area contributed by atoms with Gasteiger partial charge in [0.1, 0.15) is 23.5 Å². The number of fused-ring (bicyclic) bond motifs is 1. The van der Waals surface area contributed by atoms with Gasteiger partial charge in [0.25, 0.3) is 0 Å². The Balaban J connectivity index is 1.76. The molecule has 3 rings (SSSR count). The molecule has 2 aliphatic rings. The van der Waals surface area contributed by atoms with Crippen LogP contribution in [0.5, 0.6) is 0 Å². The van der Waals surface area contributed by atoms with Crippen LogP contribution in [0.1, 0.15) is 32.4 Å². The van der Waals surface area contributed by atoms with E-state index in [0.717, 1.165) is 0 Å². The predicted molar refractivity (Wildman–Crippen MR) is 118 cm³/mol. The van der Waals surface area contributed by atoms with E-state index in [-0.39, 0.29) is 6.61 Å². The predicted octanol–water partition coefficient (Wildman–Crippen LogP) is 0.796. The first-order chi connectivity index (χ1) is 15.4. The number of urea groups is 1. The average molecular weight is 500 g/mol. The molecule has 33 heavy (non-hydrogen) atoms. The molecule has 14 heteroatoms. The molecule has 0 saturated carbocycles. The zero-order valence-corrected chi connectivity index (χ0v) is 19.8. The Morgan fingerprint density at radius 1 is 1.27 bits per heavy atom. The summed E-state index contributed by atoms with van der Waals surface area (Å²) in [7, 11) is -4.42. The summed E-state index contributed by atoms with van der Waals surface area (Å²) in [6.45, 7) is 4.78. The lowest BCUT2D eigenvalue weighted by Gasteiger charge is -2.44. The Morgan fingerprint density at radius 3 is 2.48 bits per heavy atom. The van der Waals surface area contributed by atoms with E-state index in [9.17, 15) is 33.7 Å². The number of rotatable bonds is 8. The molecule has 180 valence electrons. The third-order valence-electron chi connectivity index (χ3n) is 5.19. The van der Waals surface area contributed by atoms with Gasteiger partial charge < -0.3 is 25.5 Å². The number of thioether (sulfide) groups is 1. The molecule has 5 atom stereocenters. The van der Waals surface area contributed by atoms with Gasteiger partial charge in [0.15, 0.2) is 0 Å². The molecule has 2 aliphatic heterocycles. The molecule has 2 saturated heterocycles. The maximum atomic E-state index is 13.1. The fourth-order valence-electron chi connectivity index (χ4n) is 3.83. The number of β-lactam (4-membered cyclic amide) rings is 1. The molecule has 12 nitrogen and oxygen atoms in total. The van der Waals surface area contributed by atoms with Gasteiger partial charge in [-0.2, -0.15) is 0 Å². The monoisotopic (exact) mass is 500 g/mol. The molecule has 2 heterocycles. The maximum absolute atomic E-state index is 13.1. The topological polar surface area (TPSA) is 174 Å². The molecule has 0 bridgehead atoms. The van der Waals surface area contributed by atoms with E-state index in [1.165, 1.54) is 23.6 Å². The first-order valence-electron chi connectivity index (χ1n) is 10.0. The minimum Gasteiger partial charge on any atom is -0.480 e. The van der Waals surface area contributed by atoms with Gasteiger partial charge in [0, 0.05) is 4.75 Å². The second kappa shape index (κ2) is 9.34. The minimum atomic E-state index is -4.42. The molecule has 2 fully saturated rings. The second-order valence-electron chi connectivity index (χ2n) is 7.95. The van der Waals surface area contributed by atoms with Gasteiger partial charge in [-0.05, 0) is 26.3 Å². The standard InChI is InChI=1S/C19H25N4O8PS/c1-4-31-32(29,30)22-18(28)21-11(10-8-6-5-7-9-10)14(24)20-12-15(25)23-13(17(26)27)19(2,3)33-16(12)23/h5-9,11-13,16H,4H2,1-3H3,(H,20,24)(H,26,27)(H3,21,22,28,29,30)/t11?,12-,13+,16-/m1/s1. The van der Waals surface area contributed by atoms with Crippen LogP contribution >= 0.6 is 19.5 Å². The van der Waals surface area contributed by atoms with E-state index < -0.39 is 59.8 Å². The summed E-state index contributed by atoms with van der Waals surface area (Å²) < 4.78 is 15.6. The van der Waals surface area contributed by atoms with Crippen LogP contribution in [0.15, 0.2) is 30.3 Å². The second-order valence-corrected chi connectivity index (χ2v) is 11.2. The van der Waals surface area contributed by atoms with Crippen LogP contribution in [0.4, 0.5) is 4.79 Å². The van der Waals surface area contributed by atoms with E-state index in [0.29, 0.717) is 5.56 Å². The lowest BCUT2D eigenvalue weighted by atomic mass is 9.95. The lowest BCUT2D eigenvalue weighted by Crippen LogP contribution is -2.71. The Labute approximate surface area is 194 Å². The van der Waals surface area contributed by atoms with E-state index >= 15 is 0 Å². The molecule has 1 aromatic rings.